The van der Waals surface area contributed by atoms with E-state index in [1.807, 2.05) is 5.43 Å². The maximum Gasteiger partial charge on any atom is 0.00685 e. The lowest BCUT2D eigenvalue weighted by atomic mass is 11.1. The normalized spacial score (nSPS) is 9.00. The highest BCUT2D eigenvalue weighted by molar-refractivity contribution is 4.56. The summed E-state index contributed by atoms with van der Waals surface area (Å²) in [6.45, 7) is 3.16. The molecule has 5 nitrogen and oxygen atoms in total. The molecule has 0 bridgehead atoms. The highest BCUT2D eigenvalue weighted by Gasteiger charge is 1.72. The second-order valence-corrected chi connectivity index (χ2v) is 0.696. The van der Waals surface area contributed by atoms with Crippen LogP contribution in [0.3, 0.4) is 0 Å². The molecule has 0 unspecified atom stereocenters. The summed E-state index contributed by atoms with van der Waals surface area (Å²) >= 11 is 0. The average Bonchev–Trinajstić information content (AvgIpc) is 1.68. The van der Waals surface area contributed by atoms with E-state index in [-0.39, 0.29) is 5.34 Å². The van der Waals surface area contributed by atoms with E-state index in [0.717, 1.165) is 6.20 Å². The van der Waals surface area contributed by atoms with Crippen LogP contribution >= 0.6 is 0 Å². The van der Waals surface area contributed by atoms with Gasteiger partial charge < -0.3 is 10.6 Å². The second-order valence-electron chi connectivity index (χ2n) is 0.696. The standard InChI is InChI=1S/C2H6N3O2/c1-2-4-5(6)7-3/h2,4H,1,3H2/q-1. The minimum absolute atomic E-state index is 0.0347. The third-order valence-electron chi connectivity index (χ3n) is 0.292. The van der Waals surface area contributed by atoms with E-state index in [1.54, 1.807) is 0 Å². The van der Waals surface area contributed by atoms with Gasteiger partial charge in [0.2, 0.25) is 0 Å². The van der Waals surface area contributed by atoms with Crippen molar-refractivity contribution in [3.8, 4) is 0 Å². The molecule has 0 fully saturated rings. The molecule has 0 rings (SSSR count). The van der Waals surface area contributed by atoms with E-state index in [0.29, 0.717) is 0 Å². The highest BCUT2D eigenvalue weighted by atomic mass is 17.0. The van der Waals surface area contributed by atoms with Crippen LogP contribution in [0.4, 0.5) is 0 Å². The quantitative estimate of drug-likeness (QED) is 0.460. The van der Waals surface area contributed by atoms with E-state index >= 15 is 0 Å². The number of nitrogens with two attached hydrogens (primary N) is 1. The van der Waals surface area contributed by atoms with Crippen LogP contribution in [0.2, 0.25) is 0 Å². The maximum atomic E-state index is 9.80. The van der Waals surface area contributed by atoms with Gasteiger partial charge in [0, 0.05) is 6.20 Å². The molecule has 0 aliphatic rings. The Labute approximate surface area is 40.8 Å². The lowest BCUT2D eigenvalue weighted by molar-refractivity contribution is -0.151. The maximum absolute atomic E-state index is 9.80. The highest BCUT2D eigenvalue weighted by Crippen LogP contribution is 1.67. The van der Waals surface area contributed by atoms with E-state index in [1.165, 1.54) is 0 Å². The summed E-state index contributed by atoms with van der Waals surface area (Å²) in [5.41, 5.74) is 1.99. The van der Waals surface area contributed by atoms with Crippen LogP contribution in [-0.2, 0) is 4.94 Å². The summed E-state index contributed by atoms with van der Waals surface area (Å²) in [4.78, 5) is 3.59. The fraction of sp³-hybridized carbons (Fsp3) is 0. The smallest absolute Gasteiger partial charge is 0.00685 e. The Kier molecular flexibility index (Phi) is 3.25. The molecule has 7 heavy (non-hydrogen) atoms. The van der Waals surface area contributed by atoms with E-state index in [4.69, 9.17) is 0 Å². The average molecular weight is 104 g/mol. The van der Waals surface area contributed by atoms with Gasteiger partial charge >= 0.3 is 0 Å². The van der Waals surface area contributed by atoms with Gasteiger partial charge in [-0.15, -0.1) is 5.34 Å². The molecule has 0 radical (unpaired) electrons. The summed E-state index contributed by atoms with van der Waals surface area (Å²) in [5.74, 6) is 4.36. The predicted octanol–water partition coefficient (Wildman–Crippen LogP) is -0.760. The number of nitrogens with zero attached hydrogens (tertiary/aromatic N) is 1. The van der Waals surface area contributed by atoms with Crippen molar-refractivity contribution in [3.63, 3.8) is 0 Å². The zero-order chi connectivity index (χ0) is 5.70. The Morgan fingerprint density at radius 3 is 2.71 bits per heavy atom. The fourth-order valence-electron chi connectivity index (χ4n) is 0.105. The van der Waals surface area contributed by atoms with Crippen LogP contribution in [0.15, 0.2) is 12.8 Å². The van der Waals surface area contributed by atoms with Gasteiger partial charge in [-0.3, -0.25) is 0 Å². The Morgan fingerprint density at radius 1 is 2.00 bits per heavy atom. The first-order valence-corrected chi connectivity index (χ1v) is 1.52. The van der Waals surface area contributed by atoms with E-state index in [9.17, 15) is 5.21 Å². The lowest BCUT2D eigenvalue weighted by Gasteiger charge is -2.21. The molecule has 0 atom stereocenters. The lowest BCUT2D eigenvalue weighted by Crippen LogP contribution is -2.30. The molecule has 0 aromatic heterocycles. The molecule has 0 saturated heterocycles. The van der Waals surface area contributed by atoms with Gasteiger partial charge in [0.1, 0.15) is 0 Å². The number of hydrazine groups is 1. The molecule has 42 valence electrons. The van der Waals surface area contributed by atoms with Crippen molar-refractivity contribution < 1.29 is 4.94 Å². The summed E-state index contributed by atoms with van der Waals surface area (Å²) in [7, 11) is 0. The Bertz CT molecular complexity index is 56.9. The summed E-state index contributed by atoms with van der Waals surface area (Å²) in [6.07, 6.45) is 1.14. The van der Waals surface area contributed by atoms with Crippen molar-refractivity contribution in [2.45, 2.75) is 0 Å². The van der Waals surface area contributed by atoms with Crippen LogP contribution in [0, 0.1) is 5.21 Å². The molecule has 0 spiro atoms. The molecule has 0 amide bonds. The van der Waals surface area contributed by atoms with E-state index < -0.39 is 0 Å². The van der Waals surface area contributed by atoms with Crippen LogP contribution in [0.1, 0.15) is 0 Å². The number of hydrogen-bond acceptors (Lipinski definition) is 5. The molecule has 0 aliphatic heterocycles. The Hall–Kier alpha value is -0.620. The topological polar surface area (TPSA) is 73.6 Å². The minimum atomic E-state index is -0.0347. The summed E-state index contributed by atoms with van der Waals surface area (Å²) in [5, 5.41) is 9.76. The SMILES string of the molecule is C=CNN([O-])ON. The van der Waals surface area contributed by atoms with Gasteiger partial charge in [-0.05, 0) is 0 Å². The van der Waals surface area contributed by atoms with E-state index in [2.05, 4.69) is 17.4 Å². The zero-order valence-electron chi connectivity index (χ0n) is 3.63. The summed E-state index contributed by atoms with van der Waals surface area (Å²) in [6, 6.07) is 0. The van der Waals surface area contributed by atoms with Gasteiger partial charge in [0.05, 0.1) is 0 Å². The summed E-state index contributed by atoms with van der Waals surface area (Å²) < 4.78 is 0. The molecular formula is C2H6N3O2-. The molecule has 5 heteroatoms. The monoisotopic (exact) mass is 104 g/mol. The zero-order valence-corrected chi connectivity index (χ0v) is 3.63. The van der Waals surface area contributed by atoms with Crippen LogP contribution in [0.5, 0.6) is 0 Å². The molecule has 0 aromatic carbocycles. The molecule has 3 N–H and O–H groups in total. The van der Waals surface area contributed by atoms with Crippen molar-refractivity contribution in [2.75, 3.05) is 0 Å². The Balaban J connectivity index is 2.98. The van der Waals surface area contributed by atoms with Gasteiger partial charge in [-0.1, -0.05) is 6.58 Å². The first-order chi connectivity index (χ1) is 3.31. The van der Waals surface area contributed by atoms with Gasteiger partial charge in [0.25, 0.3) is 0 Å². The second kappa shape index (κ2) is 3.57. The first kappa shape index (κ1) is 6.38. The van der Waals surface area contributed by atoms with Crippen LogP contribution in [-0.4, -0.2) is 5.34 Å². The molecule has 0 heterocycles. The van der Waals surface area contributed by atoms with Gasteiger partial charge in [-0.2, -0.15) is 5.90 Å². The molecular weight excluding hydrogens is 98.0 g/mol. The van der Waals surface area contributed by atoms with Crippen molar-refractivity contribution in [3.05, 3.63) is 18.0 Å². The largest absolute Gasteiger partial charge is 0.742 e. The van der Waals surface area contributed by atoms with Gasteiger partial charge in [-0.25, -0.2) is 4.94 Å². The predicted molar refractivity (Wildman–Crippen MR) is 23.8 cm³/mol. The van der Waals surface area contributed by atoms with Crippen LogP contribution < -0.4 is 11.3 Å². The van der Waals surface area contributed by atoms with Gasteiger partial charge in [0.15, 0.2) is 0 Å². The first-order valence-electron chi connectivity index (χ1n) is 1.52. The molecule has 0 aromatic rings. The number of hydrogen-bond donors (Lipinski definition) is 2. The molecule has 0 saturated carbocycles. The number of nitrogens with one attached hydrogen (secondary N) is 1. The Morgan fingerprint density at radius 2 is 2.57 bits per heavy atom. The number of rotatable bonds is 3. The third kappa shape index (κ3) is 3.20. The van der Waals surface area contributed by atoms with Crippen LogP contribution in [0.25, 0.3) is 0 Å². The van der Waals surface area contributed by atoms with Crippen molar-refractivity contribution in [1.29, 1.82) is 0 Å². The van der Waals surface area contributed by atoms with Crippen molar-refractivity contribution in [1.82, 2.24) is 10.8 Å². The molecule has 0 aliphatic carbocycles. The van der Waals surface area contributed by atoms with Crippen molar-refractivity contribution >= 4 is 0 Å². The fourth-order valence-corrected chi connectivity index (χ4v) is 0.105. The van der Waals surface area contributed by atoms with Crippen molar-refractivity contribution in [2.24, 2.45) is 5.90 Å². The third-order valence-corrected chi connectivity index (χ3v) is 0.292. The minimum Gasteiger partial charge on any atom is -0.742 e.